The number of piperidine rings is 2. The standard InChI is InChI=1S/2C16H24N2O2.Zn/c2*1-15(2)9-13(10-16(3,4)18(15)20)17-11-12-7-5-6-8-14(12)19;/h2*5-8,11,13,19-20H,9-10H2,1-4H3;. The summed E-state index contributed by atoms with van der Waals surface area (Å²) in [7, 11) is 0. The van der Waals surface area contributed by atoms with Crippen molar-refractivity contribution < 1.29 is 40.1 Å². The van der Waals surface area contributed by atoms with Gasteiger partial charge in [-0.3, -0.25) is 9.98 Å². The van der Waals surface area contributed by atoms with Crippen molar-refractivity contribution >= 4 is 12.4 Å². The molecule has 222 valence electrons. The predicted molar refractivity (Wildman–Crippen MR) is 161 cm³/mol. The quantitative estimate of drug-likeness (QED) is 0.232. The van der Waals surface area contributed by atoms with E-state index in [1.807, 2.05) is 79.7 Å². The Kier molecular flexibility index (Phi) is 11.5. The van der Waals surface area contributed by atoms with Gasteiger partial charge in [0.05, 0.1) is 12.1 Å². The third-order valence-electron chi connectivity index (χ3n) is 7.96. The van der Waals surface area contributed by atoms with E-state index in [1.54, 1.807) is 36.7 Å². The van der Waals surface area contributed by atoms with Crippen LogP contribution in [0.1, 0.15) is 92.2 Å². The van der Waals surface area contributed by atoms with Crippen LogP contribution in [-0.4, -0.2) is 77.4 Å². The first-order valence-corrected chi connectivity index (χ1v) is 14.1. The molecule has 2 heterocycles. The Balaban J connectivity index is 0.000000280. The Morgan fingerprint density at radius 2 is 0.854 bits per heavy atom. The first-order chi connectivity index (χ1) is 18.4. The zero-order valence-electron chi connectivity index (χ0n) is 26.0. The van der Waals surface area contributed by atoms with E-state index in [1.165, 1.54) is 10.1 Å². The maximum absolute atomic E-state index is 10.3. The molecule has 2 saturated heterocycles. The summed E-state index contributed by atoms with van der Waals surface area (Å²) < 4.78 is 0. The second kappa shape index (κ2) is 13.4. The van der Waals surface area contributed by atoms with Gasteiger partial charge in [0.1, 0.15) is 11.5 Å². The van der Waals surface area contributed by atoms with Gasteiger partial charge in [0.2, 0.25) is 0 Å². The molecule has 0 aromatic heterocycles. The molecular formula is C32H48N4O4Zn. The average Bonchev–Trinajstić information content (AvgIpc) is 2.85. The van der Waals surface area contributed by atoms with E-state index >= 15 is 0 Å². The van der Waals surface area contributed by atoms with Gasteiger partial charge in [-0.15, -0.1) is 0 Å². The number of benzene rings is 2. The third-order valence-corrected chi connectivity index (χ3v) is 7.96. The molecule has 2 aliphatic rings. The number of hydrogen-bond acceptors (Lipinski definition) is 8. The Morgan fingerprint density at radius 1 is 0.585 bits per heavy atom. The Morgan fingerprint density at radius 3 is 1.12 bits per heavy atom. The van der Waals surface area contributed by atoms with E-state index < -0.39 is 0 Å². The maximum atomic E-state index is 10.3. The van der Waals surface area contributed by atoms with Crippen LogP contribution in [0.4, 0.5) is 0 Å². The van der Waals surface area contributed by atoms with Crippen LogP contribution in [0.15, 0.2) is 58.5 Å². The van der Waals surface area contributed by atoms with Gasteiger partial charge in [-0.05, 0) is 105 Å². The summed E-state index contributed by atoms with van der Waals surface area (Å²) >= 11 is 0. The van der Waals surface area contributed by atoms with Crippen molar-refractivity contribution in [2.75, 3.05) is 0 Å². The van der Waals surface area contributed by atoms with Crippen molar-refractivity contribution in [1.82, 2.24) is 10.1 Å². The van der Waals surface area contributed by atoms with Gasteiger partial charge in [-0.25, -0.2) is 0 Å². The number of phenols is 2. The minimum atomic E-state index is -0.303. The summed E-state index contributed by atoms with van der Waals surface area (Å²) in [6.45, 7) is 16.2. The van der Waals surface area contributed by atoms with Crippen molar-refractivity contribution in [3.8, 4) is 11.5 Å². The van der Waals surface area contributed by atoms with Gasteiger partial charge in [0, 0.05) is 65.2 Å². The topological polar surface area (TPSA) is 112 Å². The Bertz CT molecular complexity index is 1080. The molecule has 2 aromatic carbocycles. The summed E-state index contributed by atoms with van der Waals surface area (Å²) in [5, 5.41) is 42.9. The van der Waals surface area contributed by atoms with Crippen LogP contribution in [-0.2, 0) is 19.5 Å². The normalized spacial score (nSPS) is 22.7. The van der Waals surface area contributed by atoms with E-state index in [2.05, 4.69) is 9.98 Å². The minimum absolute atomic E-state index is 0. The fourth-order valence-electron chi connectivity index (χ4n) is 6.21. The molecule has 4 N–H and O–H groups in total. The smallest absolute Gasteiger partial charge is 0.124 e. The van der Waals surface area contributed by atoms with Crippen LogP contribution in [0, 0.1) is 0 Å². The van der Waals surface area contributed by atoms with Crippen molar-refractivity contribution in [2.24, 2.45) is 9.98 Å². The van der Waals surface area contributed by atoms with Crippen molar-refractivity contribution in [3.63, 3.8) is 0 Å². The van der Waals surface area contributed by atoms with Gasteiger partial charge < -0.3 is 20.6 Å². The number of nitrogens with zero attached hydrogens (tertiary/aromatic N) is 4. The molecule has 0 unspecified atom stereocenters. The molecule has 2 fully saturated rings. The molecule has 0 saturated carbocycles. The average molecular weight is 618 g/mol. The van der Waals surface area contributed by atoms with Crippen LogP contribution >= 0.6 is 0 Å². The molecule has 41 heavy (non-hydrogen) atoms. The molecule has 0 atom stereocenters. The molecule has 9 heteroatoms. The van der Waals surface area contributed by atoms with Crippen LogP contribution in [0.3, 0.4) is 0 Å². The van der Waals surface area contributed by atoms with Crippen LogP contribution < -0.4 is 0 Å². The molecule has 0 aliphatic carbocycles. The number of para-hydroxylation sites is 2. The molecular weight excluding hydrogens is 570 g/mol. The molecule has 4 rings (SSSR count). The zero-order chi connectivity index (χ0) is 29.9. The molecule has 0 radical (unpaired) electrons. The van der Waals surface area contributed by atoms with Crippen LogP contribution in [0.2, 0.25) is 0 Å². The second-order valence-corrected chi connectivity index (χ2v) is 13.7. The molecule has 2 aliphatic heterocycles. The van der Waals surface area contributed by atoms with Crippen molar-refractivity contribution in [1.29, 1.82) is 0 Å². The number of hydrogen-bond donors (Lipinski definition) is 4. The summed E-state index contributed by atoms with van der Waals surface area (Å²) in [6, 6.07) is 14.6. The number of aliphatic imine (C=N–C) groups is 2. The van der Waals surface area contributed by atoms with Crippen molar-refractivity contribution in [2.45, 2.75) is 115 Å². The summed E-state index contributed by atoms with van der Waals surface area (Å²) in [4.78, 5) is 9.23. The predicted octanol–water partition coefficient (Wildman–Crippen LogP) is 6.44. The summed E-state index contributed by atoms with van der Waals surface area (Å²) in [6.07, 6.45) is 6.63. The summed E-state index contributed by atoms with van der Waals surface area (Å²) in [5.74, 6) is 0.490. The number of phenolic OH excluding ortho intramolecular Hbond substituents is 2. The van der Waals surface area contributed by atoms with E-state index in [-0.39, 0.29) is 65.2 Å². The monoisotopic (exact) mass is 616 g/mol. The van der Waals surface area contributed by atoms with E-state index in [9.17, 15) is 20.6 Å². The fourth-order valence-corrected chi connectivity index (χ4v) is 6.21. The first kappa shape index (κ1) is 35.0. The van der Waals surface area contributed by atoms with Gasteiger partial charge >= 0.3 is 0 Å². The minimum Gasteiger partial charge on any atom is -0.507 e. The molecule has 0 amide bonds. The number of hydroxylamine groups is 4. The first-order valence-electron chi connectivity index (χ1n) is 14.1. The van der Waals surface area contributed by atoms with Gasteiger partial charge in [0.15, 0.2) is 0 Å². The van der Waals surface area contributed by atoms with E-state index in [4.69, 9.17) is 0 Å². The van der Waals surface area contributed by atoms with Gasteiger partial charge in [0.25, 0.3) is 0 Å². The largest absolute Gasteiger partial charge is 0.507 e. The Hall–Kier alpha value is -2.16. The Labute approximate surface area is 258 Å². The van der Waals surface area contributed by atoms with Crippen LogP contribution in [0.5, 0.6) is 11.5 Å². The third kappa shape index (κ3) is 8.92. The molecule has 2 aromatic rings. The van der Waals surface area contributed by atoms with E-state index in [0.29, 0.717) is 0 Å². The maximum Gasteiger partial charge on any atom is 0.124 e. The van der Waals surface area contributed by atoms with Crippen LogP contribution in [0.25, 0.3) is 0 Å². The van der Waals surface area contributed by atoms with Gasteiger partial charge in [-0.1, -0.05) is 24.3 Å². The second-order valence-electron chi connectivity index (χ2n) is 13.7. The SMILES string of the molecule is CC1(C)CC(N=Cc2ccccc2O)CC(C)(C)N1O.CC1(C)CC(N=Cc2ccccc2O)CC(C)(C)N1O.[Zn]. The molecule has 0 spiro atoms. The summed E-state index contributed by atoms with van der Waals surface area (Å²) in [5.41, 5.74) is 0.250. The number of aromatic hydroxyl groups is 2. The zero-order valence-corrected chi connectivity index (χ0v) is 29.0. The van der Waals surface area contributed by atoms with Gasteiger partial charge in [-0.2, -0.15) is 10.1 Å². The molecule has 8 nitrogen and oxygen atoms in total. The number of rotatable bonds is 4. The van der Waals surface area contributed by atoms with E-state index in [0.717, 1.165) is 36.8 Å². The fraction of sp³-hybridized carbons (Fsp3) is 0.562. The molecule has 0 bridgehead atoms. The van der Waals surface area contributed by atoms with Crippen molar-refractivity contribution in [3.05, 3.63) is 59.7 Å².